The molecule has 1 fully saturated rings. The van der Waals surface area contributed by atoms with Crippen LogP contribution >= 0.6 is 0 Å². The van der Waals surface area contributed by atoms with Gasteiger partial charge in [-0.2, -0.15) is 0 Å². The third kappa shape index (κ3) is 3.28. The van der Waals surface area contributed by atoms with Crippen LogP contribution in [0.1, 0.15) is 47.0 Å². The summed E-state index contributed by atoms with van der Waals surface area (Å²) in [6.45, 7) is 9.50. The molecule has 0 aromatic rings. The van der Waals surface area contributed by atoms with E-state index >= 15 is 0 Å². The number of ether oxygens (including phenoxy) is 2. The Bertz CT molecular complexity index is 146. The second-order valence-corrected chi connectivity index (χ2v) is 4.67. The van der Waals surface area contributed by atoms with Crippen molar-refractivity contribution >= 4 is 0 Å². The van der Waals surface area contributed by atoms with E-state index in [2.05, 4.69) is 27.7 Å². The van der Waals surface area contributed by atoms with Gasteiger partial charge in [-0.25, -0.2) is 0 Å². The van der Waals surface area contributed by atoms with Crippen LogP contribution < -0.4 is 0 Å². The van der Waals surface area contributed by atoms with Crippen molar-refractivity contribution in [3.8, 4) is 0 Å². The van der Waals surface area contributed by atoms with Gasteiger partial charge in [0.2, 0.25) is 0 Å². The average Bonchev–Trinajstić information content (AvgIpc) is 2.05. The minimum absolute atomic E-state index is 0.0335. The van der Waals surface area contributed by atoms with Crippen LogP contribution in [0.25, 0.3) is 0 Å². The van der Waals surface area contributed by atoms with E-state index in [0.717, 1.165) is 13.0 Å². The Morgan fingerprint density at radius 3 is 2.46 bits per heavy atom. The van der Waals surface area contributed by atoms with Gasteiger partial charge in [0.1, 0.15) is 0 Å². The zero-order chi connectivity index (χ0) is 9.90. The van der Waals surface area contributed by atoms with Gasteiger partial charge >= 0.3 is 0 Å². The minimum atomic E-state index is -0.0675. The van der Waals surface area contributed by atoms with Gasteiger partial charge in [-0.15, -0.1) is 0 Å². The van der Waals surface area contributed by atoms with Gasteiger partial charge in [-0.3, -0.25) is 0 Å². The lowest BCUT2D eigenvalue weighted by atomic mass is 9.94. The second kappa shape index (κ2) is 4.43. The summed E-state index contributed by atoms with van der Waals surface area (Å²) in [5, 5.41) is 0. The predicted octanol–water partition coefficient (Wildman–Crippen LogP) is 2.96. The molecule has 1 atom stereocenters. The molecule has 0 aromatic carbocycles. The quantitative estimate of drug-likeness (QED) is 0.674. The van der Waals surface area contributed by atoms with Crippen molar-refractivity contribution in [2.45, 2.75) is 58.8 Å². The number of rotatable bonds is 3. The lowest BCUT2D eigenvalue weighted by molar-refractivity contribution is -0.226. The molecule has 13 heavy (non-hydrogen) atoms. The molecule has 2 nitrogen and oxygen atoms in total. The van der Waals surface area contributed by atoms with Gasteiger partial charge in [-0.05, 0) is 39.0 Å². The van der Waals surface area contributed by atoms with Gasteiger partial charge in [0.15, 0.2) is 6.29 Å². The lowest BCUT2D eigenvalue weighted by Crippen LogP contribution is -2.38. The van der Waals surface area contributed by atoms with Crippen molar-refractivity contribution in [1.29, 1.82) is 0 Å². The van der Waals surface area contributed by atoms with Crippen molar-refractivity contribution in [2.75, 3.05) is 6.61 Å². The van der Waals surface area contributed by atoms with Crippen LogP contribution in [0.5, 0.6) is 0 Å². The molecule has 2 heteroatoms. The Morgan fingerprint density at radius 1 is 1.31 bits per heavy atom. The largest absolute Gasteiger partial charge is 0.353 e. The molecule has 0 aliphatic carbocycles. The van der Waals surface area contributed by atoms with Crippen LogP contribution in [-0.2, 0) is 9.47 Å². The smallest absolute Gasteiger partial charge is 0.158 e. The molecular formula is C11H22O2. The summed E-state index contributed by atoms with van der Waals surface area (Å²) in [6.07, 6.45) is 3.50. The molecule has 1 rings (SSSR count). The summed E-state index contributed by atoms with van der Waals surface area (Å²) < 4.78 is 11.5. The van der Waals surface area contributed by atoms with Crippen molar-refractivity contribution in [3.63, 3.8) is 0 Å². The molecule has 0 radical (unpaired) electrons. The van der Waals surface area contributed by atoms with E-state index in [1.54, 1.807) is 0 Å². The van der Waals surface area contributed by atoms with Crippen LogP contribution in [0.3, 0.4) is 0 Å². The maximum absolute atomic E-state index is 5.92. The molecule has 0 aromatic heterocycles. The van der Waals surface area contributed by atoms with Gasteiger partial charge in [0, 0.05) is 6.61 Å². The summed E-state index contributed by atoms with van der Waals surface area (Å²) in [6, 6.07) is 0. The summed E-state index contributed by atoms with van der Waals surface area (Å²) in [5.41, 5.74) is -0.0675. The maximum atomic E-state index is 5.92. The highest BCUT2D eigenvalue weighted by molar-refractivity contribution is 4.74. The molecular weight excluding hydrogens is 164 g/mol. The first-order valence-electron chi connectivity index (χ1n) is 5.32. The van der Waals surface area contributed by atoms with Gasteiger partial charge in [0.25, 0.3) is 0 Å². The first-order chi connectivity index (χ1) is 6.02. The van der Waals surface area contributed by atoms with E-state index in [-0.39, 0.29) is 11.9 Å². The molecule has 78 valence electrons. The molecule has 0 saturated carbocycles. The highest BCUT2D eigenvalue weighted by atomic mass is 16.7. The highest BCUT2D eigenvalue weighted by Gasteiger charge is 2.28. The first kappa shape index (κ1) is 11.0. The van der Waals surface area contributed by atoms with Crippen molar-refractivity contribution in [3.05, 3.63) is 0 Å². The standard InChI is InChI=1S/C11H22O2/c1-9(2)11(3,4)13-10-7-5-6-8-12-10/h9-10H,5-8H2,1-4H3. The van der Waals surface area contributed by atoms with Gasteiger partial charge in [0.05, 0.1) is 5.60 Å². The van der Waals surface area contributed by atoms with Gasteiger partial charge in [-0.1, -0.05) is 13.8 Å². The molecule has 0 N–H and O–H groups in total. The molecule has 0 spiro atoms. The molecule has 1 unspecified atom stereocenters. The van der Waals surface area contributed by atoms with Crippen molar-refractivity contribution in [2.24, 2.45) is 5.92 Å². The van der Waals surface area contributed by atoms with E-state index in [1.807, 2.05) is 0 Å². The summed E-state index contributed by atoms with van der Waals surface area (Å²) in [7, 11) is 0. The van der Waals surface area contributed by atoms with Crippen LogP contribution in [0.2, 0.25) is 0 Å². The monoisotopic (exact) mass is 186 g/mol. The van der Waals surface area contributed by atoms with Crippen molar-refractivity contribution in [1.82, 2.24) is 0 Å². The van der Waals surface area contributed by atoms with Gasteiger partial charge < -0.3 is 9.47 Å². The third-order valence-electron chi connectivity index (χ3n) is 2.96. The van der Waals surface area contributed by atoms with E-state index in [9.17, 15) is 0 Å². The van der Waals surface area contributed by atoms with Crippen LogP contribution in [0, 0.1) is 5.92 Å². The predicted molar refractivity (Wildman–Crippen MR) is 53.6 cm³/mol. The lowest BCUT2D eigenvalue weighted by Gasteiger charge is -2.35. The Balaban J connectivity index is 2.37. The molecule has 0 bridgehead atoms. The third-order valence-corrected chi connectivity index (χ3v) is 2.96. The Hall–Kier alpha value is -0.0800. The number of hydrogen-bond donors (Lipinski definition) is 0. The SMILES string of the molecule is CC(C)C(C)(C)OC1CCCCO1. The first-order valence-corrected chi connectivity index (χ1v) is 5.32. The summed E-state index contributed by atoms with van der Waals surface area (Å²) >= 11 is 0. The highest BCUT2D eigenvalue weighted by Crippen LogP contribution is 2.26. The average molecular weight is 186 g/mol. The minimum Gasteiger partial charge on any atom is -0.353 e. The van der Waals surface area contributed by atoms with E-state index in [4.69, 9.17) is 9.47 Å². The Labute approximate surface area is 81.6 Å². The topological polar surface area (TPSA) is 18.5 Å². The summed E-state index contributed by atoms with van der Waals surface area (Å²) in [4.78, 5) is 0. The van der Waals surface area contributed by atoms with E-state index in [1.165, 1.54) is 12.8 Å². The van der Waals surface area contributed by atoms with Crippen LogP contribution in [0.4, 0.5) is 0 Å². The van der Waals surface area contributed by atoms with Crippen LogP contribution in [-0.4, -0.2) is 18.5 Å². The molecule has 1 aliphatic heterocycles. The zero-order valence-electron chi connectivity index (χ0n) is 9.30. The summed E-state index contributed by atoms with van der Waals surface area (Å²) in [5.74, 6) is 0.526. The van der Waals surface area contributed by atoms with E-state index < -0.39 is 0 Å². The molecule has 1 heterocycles. The van der Waals surface area contributed by atoms with Crippen molar-refractivity contribution < 1.29 is 9.47 Å². The fourth-order valence-corrected chi connectivity index (χ4v) is 1.28. The molecule has 1 aliphatic rings. The fourth-order valence-electron chi connectivity index (χ4n) is 1.28. The molecule has 0 amide bonds. The Morgan fingerprint density at radius 2 is 2.00 bits per heavy atom. The Kier molecular flexibility index (Phi) is 3.74. The molecule has 1 saturated heterocycles. The maximum Gasteiger partial charge on any atom is 0.158 e. The van der Waals surface area contributed by atoms with Crippen LogP contribution in [0.15, 0.2) is 0 Å². The van der Waals surface area contributed by atoms with E-state index in [0.29, 0.717) is 5.92 Å². The fraction of sp³-hybridized carbons (Fsp3) is 1.00. The second-order valence-electron chi connectivity index (χ2n) is 4.67. The normalized spacial score (nSPS) is 25.2. The zero-order valence-corrected chi connectivity index (χ0v) is 9.30. The number of hydrogen-bond acceptors (Lipinski definition) is 2.